The molecule has 22 heavy (non-hydrogen) atoms. The molecule has 0 fully saturated rings. The van der Waals surface area contributed by atoms with E-state index in [1.165, 1.54) is 6.07 Å². The van der Waals surface area contributed by atoms with Crippen LogP contribution < -0.4 is 5.56 Å². The minimum absolute atomic E-state index is 0.241. The van der Waals surface area contributed by atoms with Gasteiger partial charge in [-0.1, -0.05) is 30.3 Å². The molecule has 1 N–H and O–H groups in total. The van der Waals surface area contributed by atoms with Crippen LogP contribution in [0.5, 0.6) is 0 Å². The van der Waals surface area contributed by atoms with Crippen molar-refractivity contribution in [2.24, 2.45) is 0 Å². The minimum Gasteiger partial charge on any atom is -0.268 e. The van der Waals surface area contributed by atoms with Gasteiger partial charge in [0.05, 0.1) is 11.3 Å². The van der Waals surface area contributed by atoms with Gasteiger partial charge in [0.25, 0.3) is 5.56 Å². The predicted octanol–water partition coefficient (Wildman–Crippen LogP) is 2.15. The Morgan fingerprint density at radius 2 is 1.86 bits per heavy atom. The van der Waals surface area contributed by atoms with E-state index in [4.69, 9.17) is 0 Å². The second-order valence-corrected chi connectivity index (χ2v) is 4.78. The molecular formula is C16H11N5O. The van der Waals surface area contributed by atoms with Crippen LogP contribution in [0, 0.1) is 0 Å². The van der Waals surface area contributed by atoms with E-state index >= 15 is 0 Å². The van der Waals surface area contributed by atoms with Crippen molar-refractivity contribution in [3.8, 4) is 22.5 Å². The van der Waals surface area contributed by atoms with Crippen molar-refractivity contribution in [3.63, 3.8) is 0 Å². The Hall–Kier alpha value is -3.28. The normalized spacial score (nSPS) is 10.9. The Balaban J connectivity index is 2.06. The molecule has 6 nitrogen and oxygen atoms in total. The van der Waals surface area contributed by atoms with Gasteiger partial charge >= 0.3 is 0 Å². The molecule has 0 spiro atoms. The molecule has 0 unspecified atom stereocenters. The van der Waals surface area contributed by atoms with E-state index in [-0.39, 0.29) is 5.56 Å². The molecule has 0 amide bonds. The lowest BCUT2D eigenvalue weighted by Gasteiger charge is -2.01. The van der Waals surface area contributed by atoms with E-state index in [0.717, 1.165) is 16.8 Å². The van der Waals surface area contributed by atoms with Crippen molar-refractivity contribution >= 4 is 5.65 Å². The van der Waals surface area contributed by atoms with Gasteiger partial charge in [-0.2, -0.15) is 10.2 Å². The first-order chi connectivity index (χ1) is 10.8. The van der Waals surface area contributed by atoms with Gasteiger partial charge < -0.3 is 0 Å². The third-order valence-corrected chi connectivity index (χ3v) is 3.38. The highest BCUT2D eigenvalue weighted by Gasteiger charge is 2.18. The van der Waals surface area contributed by atoms with Gasteiger partial charge in [-0.15, -0.1) is 0 Å². The van der Waals surface area contributed by atoms with Crippen molar-refractivity contribution in [1.82, 2.24) is 24.8 Å². The second kappa shape index (κ2) is 4.92. The summed E-state index contributed by atoms with van der Waals surface area (Å²) >= 11 is 0. The number of aromatic amines is 1. The number of benzene rings is 1. The molecular weight excluding hydrogens is 278 g/mol. The highest BCUT2D eigenvalue weighted by atomic mass is 16.1. The molecule has 106 valence electrons. The van der Waals surface area contributed by atoms with E-state index < -0.39 is 0 Å². The highest BCUT2D eigenvalue weighted by molar-refractivity contribution is 5.88. The maximum absolute atomic E-state index is 11.3. The van der Waals surface area contributed by atoms with Crippen molar-refractivity contribution in [3.05, 3.63) is 71.3 Å². The van der Waals surface area contributed by atoms with Crippen molar-refractivity contribution < 1.29 is 0 Å². The molecule has 0 radical (unpaired) electrons. The van der Waals surface area contributed by atoms with E-state index in [1.807, 2.05) is 42.6 Å². The second-order valence-electron chi connectivity index (χ2n) is 4.78. The molecule has 0 atom stereocenters. The summed E-state index contributed by atoms with van der Waals surface area (Å²) in [7, 11) is 0. The van der Waals surface area contributed by atoms with Gasteiger partial charge in [-0.25, -0.2) is 14.6 Å². The zero-order valence-corrected chi connectivity index (χ0v) is 11.5. The fourth-order valence-electron chi connectivity index (χ4n) is 2.40. The number of nitrogens with one attached hydrogen (secondary N) is 1. The smallest absolute Gasteiger partial charge is 0.264 e. The first-order valence-corrected chi connectivity index (χ1v) is 6.78. The van der Waals surface area contributed by atoms with Gasteiger partial charge in [-0.05, 0) is 12.1 Å². The van der Waals surface area contributed by atoms with E-state index in [1.54, 1.807) is 16.8 Å². The van der Waals surface area contributed by atoms with E-state index in [0.29, 0.717) is 11.3 Å². The van der Waals surface area contributed by atoms with Crippen LogP contribution in [0.1, 0.15) is 0 Å². The summed E-state index contributed by atoms with van der Waals surface area (Å²) in [6.07, 6.45) is 3.55. The van der Waals surface area contributed by atoms with Crippen molar-refractivity contribution in [1.29, 1.82) is 0 Å². The molecule has 0 bridgehead atoms. The van der Waals surface area contributed by atoms with Gasteiger partial charge in [0.15, 0.2) is 5.65 Å². The number of hydrogen-bond acceptors (Lipinski definition) is 4. The fraction of sp³-hybridized carbons (Fsp3) is 0. The van der Waals surface area contributed by atoms with Crippen molar-refractivity contribution in [2.45, 2.75) is 0 Å². The molecule has 4 aromatic rings. The summed E-state index contributed by atoms with van der Waals surface area (Å²) in [6, 6.07) is 14.8. The van der Waals surface area contributed by atoms with Crippen LogP contribution in [0.4, 0.5) is 0 Å². The van der Waals surface area contributed by atoms with Crippen molar-refractivity contribution in [2.75, 3.05) is 0 Å². The van der Waals surface area contributed by atoms with Crippen LogP contribution in [0.15, 0.2) is 65.7 Å². The molecule has 0 saturated heterocycles. The fourth-order valence-corrected chi connectivity index (χ4v) is 2.40. The molecule has 6 heteroatoms. The van der Waals surface area contributed by atoms with E-state index in [2.05, 4.69) is 20.3 Å². The SMILES string of the molecule is O=c1ccc(-c2c(-c3ccccc3)nn3cccnc23)n[nH]1. The number of rotatable bonds is 2. The topological polar surface area (TPSA) is 75.9 Å². The summed E-state index contributed by atoms with van der Waals surface area (Å²) in [5.74, 6) is 0. The van der Waals surface area contributed by atoms with Gasteiger partial charge in [0, 0.05) is 24.0 Å². The molecule has 0 saturated carbocycles. The Morgan fingerprint density at radius 1 is 1.00 bits per heavy atom. The standard InChI is InChI=1S/C16H11N5O/c22-13-8-7-12(18-19-13)14-15(11-5-2-1-3-6-11)20-21-10-4-9-17-16(14)21/h1-10H,(H,19,22). The van der Waals surface area contributed by atoms with Gasteiger partial charge in [-0.3, -0.25) is 4.79 Å². The molecule has 1 aromatic carbocycles. The largest absolute Gasteiger partial charge is 0.268 e. The third kappa shape index (κ3) is 1.98. The van der Waals surface area contributed by atoms with Crippen LogP contribution in [0.25, 0.3) is 28.2 Å². The van der Waals surface area contributed by atoms with Gasteiger partial charge in [0.1, 0.15) is 5.69 Å². The summed E-state index contributed by atoms with van der Waals surface area (Å²) in [5, 5.41) is 11.2. The summed E-state index contributed by atoms with van der Waals surface area (Å²) in [4.78, 5) is 15.6. The number of nitrogens with zero attached hydrogens (tertiary/aromatic N) is 4. The Kier molecular flexibility index (Phi) is 2.79. The van der Waals surface area contributed by atoms with Crippen LogP contribution >= 0.6 is 0 Å². The maximum Gasteiger partial charge on any atom is 0.264 e. The lowest BCUT2D eigenvalue weighted by molar-refractivity contribution is 0.943. The number of hydrogen-bond donors (Lipinski definition) is 1. The molecule has 3 heterocycles. The monoisotopic (exact) mass is 289 g/mol. The number of aromatic nitrogens is 5. The van der Waals surface area contributed by atoms with Crippen LogP contribution in [-0.2, 0) is 0 Å². The highest BCUT2D eigenvalue weighted by Crippen LogP contribution is 2.32. The maximum atomic E-state index is 11.3. The zero-order valence-electron chi connectivity index (χ0n) is 11.5. The van der Waals surface area contributed by atoms with Crippen LogP contribution in [-0.4, -0.2) is 24.8 Å². The Labute approximate surface area is 125 Å². The van der Waals surface area contributed by atoms with Gasteiger partial charge in [0.2, 0.25) is 0 Å². The van der Waals surface area contributed by atoms with E-state index in [9.17, 15) is 4.79 Å². The molecule has 3 aromatic heterocycles. The zero-order chi connectivity index (χ0) is 14.9. The predicted molar refractivity (Wildman–Crippen MR) is 82.3 cm³/mol. The third-order valence-electron chi connectivity index (χ3n) is 3.38. The van der Waals surface area contributed by atoms with Crippen LogP contribution in [0.3, 0.4) is 0 Å². The molecule has 4 rings (SSSR count). The summed E-state index contributed by atoms with van der Waals surface area (Å²) in [5.41, 5.74) is 3.63. The first-order valence-electron chi connectivity index (χ1n) is 6.78. The Bertz CT molecular complexity index is 983. The number of H-pyrrole nitrogens is 1. The lowest BCUT2D eigenvalue weighted by atomic mass is 10.1. The van der Waals surface area contributed by atoms with Crippen LogP contribution in [0.2, 0.25) is 0 Å². The lowest BCUT2D eigenvalue weighted by Crippen LogP contribution is -2.05. The average molecular weight is 289 g/mol. The minimum atomic E-state index is -0.241. The molecule has 0 aliphatic rings. The summed E-state index contributed by atoms with van der Waals surface area (Å²) in [6.45, 7) is 0. The summed E-state index contributed by atoms with van der Waals surface area (Å²) < 4.78 is 1.71. The quantitative estimate of drug-likeness (QED) is 0.613. The average Bonchev–Trinajstić information content (AvgIpc) is 2.96. The first kappa shape index (κ1) is 12.5. The Morgan fingerprint density at radius 3 is 2.64 bits per heavy atom. The number of fused-ring (bicyclic) bond motifs is 1. The molecule has 0 aliphatic heterocycles. The molecule has 0 aliphatic carbocycles.